The van der Waals surface area contributed by atoms with Gasteiger partial charge in [0.15, 0.2) is 22.8 Å². The van der Waals surface area contributed by atoms with Gasteiger partial charge in [0.25, 0.3) is 5.91 Å². The number of hydrogen-bond donors (Lipinski definition) is 1. The third-order valence-corrected chi connectivity index (χ3v) is 3.29. The third-order valence-electron chi connectivity index (χ3n) is 3.29. The molecule has 2 heterocycles. The number of aromatic nitrogens is 3. The first-order valence-electron chi connectivity index (χ1n) is 6.51. The molecule has 0 bridgehead atoms. The molecule has 2 N–H and O–H groups in total. The van der Waals surface area contributed by atoms with Crippen molar-refractivity contribution in [1.82, 2.24) is 14.6 Å². The molecule has 0 radical (unpaired) electrons. The van der Waals surface area contributed by atoms with E-state index in [-0.39, 0.29) is 5.69 Å². The van der Waals surface area contributed by atoms with Crippen LogP contribution in [0.25, 0.3) is 16.9 Å². The van der Waals surface area contributed by atoms with E-state index in [2.05, 4.69) is 10.1 Å². The van der Waals surface area contributed by atoms with Crippen LogP contribution in [-0.2, 0) is 0 Å². The molecule has 0 saturated heterocycles. The summed E-state index contributed by atoms with van der Waals surface area (Å²) in [5, 5.41) is 4.19. The number of carbonyl (C=O) groups is 1. The van der Waals surface area contributed by atoms with Crippen LogP contribution in [0.4, 0.5) is 0 Å². The van der Waals surface area contributed by atoms with Gasteiger partial charge in [0.2, 0.25) is 0 Å². The fraction of sp³-hybridized carbons (Fsp3) is 0.133. The predicted octanol–water partition coefficient (Wildman–Crippen LogP) is 1.51. The minimum absolute atomic E-state index is 0.167. The molecule has 3 rings (SSSR count). The summed E-state index contributed by atoms with van der Waals surface area (Å²) in [5.74, 6) is 0.644. The van der Waals surface area contributed by atoms with Gasteiger partial charge in [-0.05, 0) is 24.3 Å². The van der Waals surface area contributed by atoms with E-state index < -0.39 is 5.91 Å². The first-order chi connectivity index (χ1) is 10.6. The Labute approximate surface area is 126 Å². The average Bonchev–Trinajstić information content (AvgIpc) is 2.98. The van der Waals surface area contributed by atoms with Crippen molar-refractivity contribution < 1.29 is 14.3 Å². The monoisotopic (exact) mass is 298 g/mol. The SMILES string of the molecule is COc1ccc(-c2ccnc3cc(C(N)=O)nn23)cc1OC. The van der Waals surface area contributed by atoms with Crippen LogP contribution >= 0.6 is 0 Å². The second-order valence-corrected chi connectivity index (χ2v) is 4.56. The maximum atomic E-state index is 11.3. The second kappa shape index (κ2) is 5.36. The van der Waals surface area contributed by atoms with Gasteiger partial charge in [-0.25, -0.2) is 9.50 Å². The lowest BCUT2D eigenvalue weighted by Gasteiger charge is -2.10. The maximum absolute atomic E-state index is 11.3. The van der Waals surface area contributed by atoms with Gasteiger partial charge in [0.05, 0.1) is 19.9 Å². The highest BCUT2D eigenvalue weighted by atomic mass is 16.5. The number of hydrogen-bond acceptors (Lipinski definition) is 5. The molecule has 3 aromatic rings. The van der Waals surface area contributed by atoms with Gasteiger partial charge < -0.3 is 15.2 Å². The Balaban J connectivity index is 2.19. The molecule has 0 aliphatic heterocycles. The lowest BCUT2D eigenvalue weighted by molar-refractivity contribution is 0.0995. The molecular formula is C15H14N4O3. The second-order valence-electron chi connectivity index (χ2n) is 4.56. The van der Waals surface area contributed by atoms with Crippen molar-refractivity contribution in [2.75, 3.05) is 14.2 Å². The van der Waals surface area contributed by atoms with Crippen molar-refractivity contribution in [3.05, 3.63) is 42.2 Å². The lowest BCUT2D eigenvalue weighted by Crippen LogP contribution is -2.11. The number of amides is 1. The minimum atomic E-state index is -0.594. The summed E-state index contributed by atoms with van der Waals surface area (Å²) in [7, 11) is 3.15. The standard InChI is InChI=1S/C15H14N4O3/c1-21-12-4-3-9(7-13(12)22-2)11-5-6-17-14-8-10(15(16)20)18-19(11)14/h3-8H,1-2H3,(H2,16,20). The molecule has 0 aliphatic rings. The average molecular weight is 298 g/mol. The number of nitrogens with two attached hydrogens (primary N) is 1. The molecule has 7 heteroatoms. The summed E-state index contributed by atoms with van der Waals surface area (Å²) in [6.45, 7) is 0. The Morgan fingerprint density at radius 1 is 1.14 bits per heavy atom. The maximum Gasteiger partial charge on any atom is 0.269 e. The van der Waals surface area contributed by atoms with E-state index in [1.165, 1.54) is 0 Å². The van der Waals surface area contributed by atoms with E-state index in [0.29, 0.717) is 17.1 Å². The van der Waals surface area contributed by atoms with Crippen LogP contribution in [0, 0.1) is 0 Å². The fourth-order valence-corrected chi connectivity index (χ4v) is 2.23. The highest BCUT2D eigenvalue weighted by Crippen LogP contribution is 2.32. The van der Waals surface area contributed by atoms with Crippen molar-refractivity contribution in [1.29, 1.82) is 0 Å². The van der Waals surface area contributed by atoms with Crippen molar-refractivity contribution in [3.63, 3.8) is 0 Å². The molecule has 0 atom stereocenters. The highest BCUT2D eigenvalue weighted by Gasteiger charge is 2.13. The number of ether oxygens (including phenoxy) is 2. The van der Waals surface area contributed by atoms with Gasteiger partial charge >= 0.3 is 0 Å². The Morgan fingerprint density at radius 3 is 2.59 bits per heavy atom. The van der Waals surface area contributed by atoms with Gasteiger partial charge in [0.1, 0.15) is 0 Å². The largest absolute Gasteiger partial charge is 0.493 e. The first-order valence-corrected chi connectivity index (χ1v) is 6.51. The summed E-state index contributed by atoms with van der Waals surface area (Å²) >= 11 is 0. The van der Waals surface area contributed by atoms with E-state index in [0.717, 1.165) is 11.3 Å². The zero-order valence-electron chi connectivity index (χ0n) is 12.1. The molecule has 7 nitrogen and oxygen atoms in total. The van der Waals surface area contributed by atoms with Gasteiger partial charge in [-0.1, -0.05) is 0 Å². The van der Waals surface area contributed by atoms with Crippen molar-refractivity contribution in [2.45, 2.75) is 0 Å². The Morgan fingerprint density at radius 2 is 1.91 bits per heavy atom. The van der Waals surface area contributed by atoms with E-state index >= 15 is 0 Å². The molecule has 22 heavy (non-hydrogen) atoms. The van der Waals surface area contributed by atoms with E-state index in [4.69, 9.17) is 15.2 Å². The Bertz CT molecular complexity index is 857. The van der Waals surface area contributed by atoms with Crippen LogP contribution in [0.15, 0.2) is 36.5 Å². The van der Waals surface area contributed by atoms with Crippen molar-refractivity contribution >= 4 is 11.6 Å². The zero-order chi connectivity index (χ0) is 15.7. The number of methoxy groups -OCH3 is 2. The van der Waals surface area contributed by atoms with Crippen LogP contribution in [0.5, 0.6) is 11.5 Å². The summed E-state index contributed by atoms with van der Waals surface area (Å²) < 4.78 is 12.1. The molecule has 1 amide bonds. The van der Waals surface area contributed by atoms with Crippen LogP contribution in [0.3, 0.4) is 0 Å². The zero-order valence-corrected chi connectivity index (χ0v) is 12.1. The number of primary amides is 1. The molecule has 0 unspecified atom stereocenters. The minimum Gasteiger partial charge on any atom is -0.493 e. The fourth-order valence-electron chi connectivity index (χ4n) is 2.23. The number of fused-ring (bicyclic) bond motifs is 1. The summed E-state index contributed by atoms with van der Waals surface area (Å²) in [5.41, 5.74) is 7.59. The quantitative estimate of drug-likeness (QED) is 0.788. The van der Waals surface area contributed by atoms with Crippen molar-refractivity contribution in [2.24, 2.45) is 5.73 Å². The normalized spacial score (nSPS) is 10.6. The number of nitrogens with zero attached hydrogens (tertiary/aromatic N) is 3. The van der Waals surface area contributed by atoms with Gasteiger partial charge in [-0.2, -0.15) is 5.10 Å². The first kappa shape index (κ1) is 13.9. The third kappa shape index (κ3) is 2.22. The van der Waals surface area contributed by atoms with E-state index in [1.807, 2.05) is 12.1 Å². The van der Waals surface area contributed by atoms with Crippen molar-refractivity contribution in [3.8, 4) is 22.8 Å². The number of benzene rings is 1. The molecule has 112 valence electrons. The summed E-state index contributed by atoms with van der Waals surface area (Å²) in [6.07, 6.45) is 1.65. The Hall–Kier alpha value is -3.09. The van der Waals surface area contributed by atoms with Gasteiger partial charge in [-0.3, -0.25) is 4.79 Å². The predicted molar refractivity (Wildman–Crippen MR) is 80.0 cm³/mol. The van der Waals surface area contributed by atoms with E-state index in [9.17, 15) is 4.79 Å². The van der Waals surface area contributed by atoms with Gasteiger partial charge in [-0.15, -0.1) is 0 Å². The smallest absolute Gasteiger partial charge is 0.269 e. The molecule has 0 saturated carbocycles. The topological polar surface area (TPSA) is 91.7 Å². The molecular weight excluding hydrogens is 284 g/mol. The molecule has 1 aromatic carbocycles. The van der Waals surface area contributed by atoms with Gasteiger partial charge in [0, 0.05) is 17.8 Å². The lowest BCUT2D eigenvalue weighted by atomic mass is 10.1. The number of carbonyl (C=O) groups excluding carboxylic acids is 1. The molecule has 0 aliphatic carbocycles. The van der Waals surface area contributed by atoms with Crippen LogP contribution in [0.1, 0.15) is 10.5 Å². The molecule has 2 aromatic heterocycles. The molecule has 0 fully saturated rings. The summed E-state index contributed by atoms with van der Waals surface area (Å²) in [6, 6.07) is 8.86. The molecule has 0 spiro atoms. The Kier molecular flexibility index (Phi) is 3.38. The highest BCUT2D eigenvalue weighted by molar-refractivity contribution is 5.92. The van der Waals surface area contributed by atoms with Crippen LogP contribution in [-0.4, -0.2) is 34.7 Å². The van der Waals surface area contributed by atoms with E-state index in [1.54, 1.807) is 43.1 Å². The van der Waals surface area contributed by atoms with Crippen LogP contribution < -0.4 is 15.2 Å². The summed E-state index contributed by atoms with van der Waals surface area (Å²) in [4.78, 5) is 15.5. The number of rotatable bonds is 4. The van der Waals surface area contributed by atoms with Crippen LogP contribution in [0.2, 0.25) is 0 Å².